The summed E-state index contributed by atoms with van der Waals surface area (Å²) in [5, 5.41) is 17.2. The van der Waals surface area contributed by atoms with Crippen LogP contribution in [0.4, 0.5) is 4.39 Å². The van der Waals surface area contributed by atoms with E-state index in [1.165, 1.54) is 12.1 Å². The molecule has 1 aromatic heterocycles. The molecule has 4 heterocycles. The van der Waals surface area contributed by atoms with Gasteiger partial charge in [0.2, 0.25) is 11.8 Å². The van der Waals surface area contributed by atoms with Crippen molar-refractivity contribution in [3.63, 3.8) is 0 Å². The van der Waals surface area contributed by atoms with Gasteiger partial charge in [0.15, 0.2) is 5.82 Å². The van der Waals surface area contributed by atoms with Crippen molar-refractivity contribution in [1.82, 2.24) is 35.7 Å². The molecule has 4 atom stereocenters. The molecule has 0 radical (unpaired) electrons. The summed E-state index contributed by atoms with van der Waals surface area (Å²) in [5.74, 6) is -0.131. The summed E-state index contributed by atoms with van der Waals surface area (Å²) in [5.41, 5.74) is -0.0651. The van der Waals surface area contributed by atoms with Gasteiger partial charge in [0, 0.05) is 4.75 Å². The van der Waals surface area contributed by atoms with Crippen LogP contribution in [-0.2, 0) is 9.59 Å². The number of nitrogens with one attached hydrogen (secondary N) is 2. The molecule has 3 aliphatic heterocycles. The van der Waals surface area contributed by atoms with E-state index in [0.29, 0.717) is 11.4 Å². The lowest BCUT2D eigenvalue weighted by molar-refractivity contribution is -0.165. The van der Waals surface area contributed by atoms with E-state index in [1.807, 2.05) is 27.7 Å². The van der Waals surface area contributed by atoms with Crippen molar-refractivity contribution in [2.24, 2.45) is 0 Å². The van der Waals surface area contributed by atoms with Gasteiger partial charge in [-0.3, -0.25) is 14.9 Å². The smallest absolute Gasteiger partial charge is 0.250 e. The maximum atomic E-state index is 13.4. The molecule has 2 aromatic rings. The molecule has 3 saturated heterocycles. The van der Waals surface area contributed by atoms with E-state index in [4.69, 9.17) is 0 Å². The second-order valence-corrected chi connectivity index (χ2v) is 10.7. The van der Waals surface area contributed by atoms with Gasteiger partial charge in [0.25, 0.3) is 0 Å². The van der Waals surface area contributed by atoms with E-state index in [-0.39, 0.29) is 33.8 Å². The van der Waals surface area contributed by atoms with Crippen LogP contribution in [0.25, 0.3) is 0 Å². The Hall–Kier alpha value is -2.53. The van der Waals surface area contributed by atoms with Gasteiger partial charge in [-0.25, -0.2) is 9.49 Å². The number of nitrogens with zero attached hydrogens (tertiary/aromatic N) is 5. The van der Waals surface area contributed by atoms with E-state index in [9.17, 15) is 14.0 Å². The fourth-order valence-corrected chi connectivity index (χ4v) is 6.51. The fourth-order valence-electron chi connectivity index (χ4n) is 4.82. The van der Waals surface area contributed by atoms with Crippen LogP contribution in [0.15, 0.2) is 24.3 Å². The Kier molecular flexibility index (Phi) is 4.04. The molecule has 0 saturated carbocycles. The molecule has 2 amide bonds. The van der Waals surface area contributed by atoms with Crippen molar-refractivity contribution in [3.05, 3.63) is 41.5 Å². The number of rotatable bonds is 3. The minimum atomic E-state index is -0.737. The maximum absolute atomic E-state index is 13.4. The zero-order chi connectivity index (χ0) is 21.4. The number of halogens is 1. The Balaban J connectivity index is 1.46. The molecule has 158 valence electrons. The number of hydrogen-bond donors (Lipinski definition) is 2. The molecule has 3 aliphatic rings. The molecule has 1 aromatic carbocycles. The molecule has 0 bridgehead atoms. The van der Waals surface area contributed by atoms with Gasteiger partial charge in [-0.15, -0.1) is 16.9 Å². The van der Waals surface area contributed by atoms with E-state index in [1.54, 1.807) is 33.7 Å². The van der Waals surface area contributed by atoms with E-state index >= 15 is 0 Å². The highest BCUT2D eigenvalue weighted by molar-refractivity contribution is 8.01. The lowest BCUT2D eigenvalue weighted by Crippen LogP contribution is -2.71. The van der Waals surface area contributed by atoms with Gasteiger partial charge in [0.05, 0.1) is 5.66 Å². The molecule has 0 aliphatic carbocycles. The van der Waals surface area contributed by atoms with E-state index < -0.39 is 17.7 Å². The zero-order valence-electron chi connectivity index (χ0n) is 17.0. The van der Waals surface area contributed by atoms with Crippen molar-refractivity contribution >= 4 is 23.6 Å². The van der Waals surface area contributed by atoms with Crippen LogP contribution in [0.3, 0.4) is 0 Å². The van der Waals surface area contributed by atoms with Gasteiger partial charge in [-0.1, -0.05) is 12.1 Å². The third-order valence-corrected chi connectivity index (χ3v) is 7.66. The summed E-state index contributed by atoms with van der Waals surface area (Å²) in [7, 11) is 0. The van der Waals surface area contributed by atoms with E-state index in [0.717, 1.165) is 0 Å². The summed E-state index contributed by atoms with van der Waals surface area (Å²) in [6.07, 6.45) is 0. The number of hydrogen-bond acceptors (Lipinski definition) is 7. The van der Waals surface area contributed by atoms with Gasteiger partial charge < -0.3 is 9.80 Å². The SMILES string of the molecule is CC1(C)S[C@H]2C(N3C(=O)C(c4ccc(F)cc4)NC3(C)C)C(=O)N2C1c1nnn[nH]1. The van der Waals surface area contributed by atoms with Crippen LogP contribution in [0.1, 0.15) is 51.2 Å². The Morgan fingerprint density at radius 2 is 1.80 bits per heavy atom. The Morgan fingerprint density at radius 3 is 2.43 bits per heavy atom. The topological polar surface area (TPSA) is 107 Å². The summed E-state index contributed by atoms with van der Waals surface area (Å²) < 4.78 is 13.0. The number of aromatic nitrogens is 4. The van der Waals surface area contributed by atoms with Crippen molar-refractivity contribution in [3.8, 4) is 0 Å². The van der Waals surface area contributed by atoms with Gasteiger partial charge >= 0.3 is 0 Å². The summed E-state index contributed by atoms with van der Waals surface area (Å²) >= 11 is 1.64. The summed E-state index contributed by atoms with van der Waals surface area (Å²) in [6, 6.07) is 4.35. The highest BCUT2D eigenvalue weighted by Crippen LogP contribution is 2.58. The quantitative estimate of drug-likeness (QED) is 0.707. The third-order valence-electron chi connectivity index (χ3n) is 6.10. The average Bonchev–Trinajstić information content (AvgIpc) is 3.33. The first-order valence-electron chi connectivity index (χ1n) is 9.72. The number of carbonyl (C=O) groups is 2. The number of aromatic amines is 1. The zero-order valence-corrected chi connectivity index (χ0v) is 17.8. The normalized spacial score (nSPS) is 31.8. The predicted molar refractivity (Wildman–Crippen MR) is 106 cm³/mol. The molecule has 9 nitrogen and oxygen atoms in total. The maximum Gasteiger partial charge on any atom is 0.250 e. The number of amides is 2. The molecular weight excluding hydrogens is 409 g/mol. The van der Waals surface area contributed by atoms with Crippen LogP contribution < -0.4 is 5.32 Å². The van der Waals surface area contributed by atoms with Crippen LogP contribution in [-0.4, -0.2) is 64.1 Å². The largest absolute Gasteiger partial charge is 0.314 e. The summed E-state index contributed by atoms with van der Waals surface area (Å²) in [4.78, 5) is 30.1. The fraction of sp³-hybridized carbons (Fsp3) is 0.526. The molecule has 2 N–H and O–H groups in total. The molecule has 0 spiro atoms. The first-order chi connectivity index (χ1) is 14.1. The lowest BCUT2D eigenvalue weighted by atomic mass is 9.93. The first kappa shape index (κ1) is 19.4. The summed E-state index contributed by atoms with van der Waals surface area (Å²) in [6.45, 7) is 7.86. The van der Waals surface area contributed by atoms with Gasteiger partial charge in [-0.05, 0) is 55.8 Å². The lowest BCUT2D eigenvalue weighted by Gasteiger charge is -2.50. The highest BCUT2D eigenvalue weighted by Gasteiger charge is 2.67. The monoisotopic (exact) mass is 431 g/mol. The minimum absolute atomic E-state index is 0.123. The second kappa shape index (κ2) is 6.24. The van der Waals surface area contributed by atoms with Crippen LogP contribution in [0.2, 0.25) is 0 Å². The van der Waals surface area contributed by atoms with Gasteiger partial charge in [0.1, 0.15) is 29.3 Å². The number of thioether (sulfide) groups is 1. The number of carbonyl (C=O) groups excluding carboxylic acids is 2. The first-order valence-corrected chi connectivity index (χ1v) is 10.6. The predicted octanol–water partition coefficient (Wildman–Crippen LogP) is 1.35. The van der Waals surface area contributed by atoms with Gasteiger partial charge in [-0.2, -0.15) is 0 Å². The molecule has 11 heteroatoms. The number of benzene rings is 1. The van der Waals surface area contributed by atoms with Crippen LogP contribution in [0.5, 0.6) is 0 Å². The van der Waals surface area contributed by atoms with E-state index in [2.05, 4.69) is 25.9 Å². The van der Waals surface area contributed by atoms with Crippen molar-refractivity contribution in [2.45, 2.75) is 61.6 Å². The number of β-lactam (4-membered cyclic amide) rings is 1. The van der Waals surface area contributed by atoms with Crippen molar-refractivity contribution in [1.29, 1.82) is 0 Å². The molecule has 30 heavy (non-hydrogen) atoms. The Morgan fingerprint density at radius 1 is 1.10 bits per heavy atom. The second-order valence-electron chi connectivity index (χ2n) is 8.89. The average molecular weight is 431 g/mol. The third kappa shape index (κ3) is 2.61. The van der Waals surface area contributed by atoms with Crippen LogP contribution in [0, 0.1) is 5.82 Å². The molecule has 5 rings (SSSR count). The molecular formula is C19H22FN7O2S. The van der Waals surface area contributed by atoms with Crippen molar-refractivity contribution < 1.29 is 14.0 Å². The number of fused-ring (bicyclic) bond motifs is 1. The Bertz CT molecular complexity index is 1010. The highest BCUT2D eigenvalue weighted by atomic mass is 32.2. The van der Waals surface area contributed by atoms with Crippen molar-refractivity contribution in [2.75, 3.05) is 0 Å². The Labute approximate surface area is 176 Å². The van der Waals surface area contributed by atoms with Crippen LogP contribution >= 0.6 is 11.8 Å². The molecule has 3 unspecified atom stereocenters. The number of tetrazole rings is 1. The minimum Gasteiger partial charge on any atom is -0.314 e. The standard InChI is InChI=1S/C19H22FN7O2S/c1-18(2)13(14-22-24-25-23-14)26-16(29)12(17(26)30-18)27-15(28)11(21-19(27,3)4)9-5-7-10(20)8-6-9/h5-8,11-13,17,21H,1-4H3,(H,22,23,24,25)/t11?,12?,13?,17-/m0/s1. The number of H-pyrrole nitrogens is 1. The molecule has 3 fully saturated rings.